The maximum atomic E-state index is 13.5. The molecule has 0 fully saturated rings. The van der Waals surface area contributed by atoms with Crippen LogP contribution in [0.1, 0.15) is 11.1 Å². The van der Waals surface area contributed by atoms with Crippen molar-refractivity contribution in [3.05, 3.63) is 58.4 Å². The Kier molecular flexibility index (Phi) is 6.84. The van der Waals surface area contributed by atoms with Gasteiger partial charge in [-0.15, -0.1) is 11.8 Å². The van der Waals surface area contributed by atoms with E-state index in [0.29, 0.717) is 5.02 Å². The third-order valence-electron chi connectivity index (χ3n) is 3.24. The topological polar surface area (TPSA) is 55.4 Å². The molecule has 0 aromatic heterocycles. The Morgan fingerprint density at radius 3 is 2.68 bits per heavy atom. The van der Waals surface area contributed by atoms with Crippen LogP contribution in [0.2, 0.25) is 5.02 Å². The zero-order valence-corrected chi connectivity index (χ0v) is 15.3. The minimum Gasteiger partial charge on any atom is -0.455 e. The molecule has 0 radical (unpaired) electrons. The number of hydrogen-bond acceptors (Lipinski definition) is 4. The number of hydrogen-bond donors (Lipinski definition) is 1. The molecule has 0 spiro atoms. The smallest absolute Gasteiger partial charge is 0.316 e. The third kappa shape index (κ3) is 6.07. The van der Waals surface area contributed by atoms with Crippen molar-refractivity contribution in [2.45, 2.75) is 18.7 Å². The van der Waals surface area contributed by atoms with Gasteiger partial charge in [-0.05, 0) is 43.7 Å². The molecular weight excluding hydrogens is 365 g/mol. The van der Waals surface area contributed by atoms with Crippen molar-refractivity contribution in [2.75, 3.05) is 17.7 Å². The van der Waals surface area contributed by atoms with Crippen molar-refractivity contribution in [3.63, 3.8) is 0 Å². The Morgan fingerprint density at radius 1 is 1.20 bits per heavy atom. The summed E-state index contributed by atoms with van der Waals surface area (Å²) in [5.74, 6) is -1.69. The lowest BCUT2D eigenvalue weighted by Crippen LogP contribution is -2.22. The van der Waals surface area contributed by atoms with Gasteiger partial charge in [-0.3, -0.25) is 9.59 Å². The molecule has 0 heterocycles. The Balaban J connectivity index is 1.79. The summed E-state index contributed by atoms with van der Waals surface area (Å²) in [6.07, 6.45) is 0. The summed E-state index contributed by atoms with van der Waals surface area (Å²) in [6, 6.07) is 9.74. The lowest BCUT2D eigenvalue weighted by Gasteiger charge is -2.09. The van der Waals surface area contributed by atoms with Crippen LogP contribution in [0.5, 0.6) is 0 Å². The highest BCUT2D eigenvalue weighted by Gasteiger charge is 2.11. The van der Waals surface area contributed by atoms with E-state index in [4.69, 9.17) is 16.3 Å². The van der Waals surface area contributed by atoms with E-state index in [9.17, 15) is 14.0 Å². The van der Waals surface area contributed by atoms with E-state index in [1.165, 1.54) is 23.9 Å². The van der Waals surface area contributed by atoms with Crippen LogP contribution in [0.3, 0.4) is 0 Å². The highest BCUT2D eigenvalue weighted by atomic mass is 35.5. The van der Waals surface area contributed by atoms with Crippen LogP contribution in [-0.2, 0) is 14.3 Å². The number of aryl methyl sites for hydroxylation is 2. The minimum atomic E-state index is -0.633. The molecule has 0 unspecified atom stereocenters. The third-order valence-corrected chi connectivity index (χ3v) is 4.63. The maximum Gasteiger partial charge on any atom is 0.316 e. The lowest BCUT2D eigenvalue weighted by molar-refractivity contribution is -0.144. The molecule has 0 bridgehead atoms. The van der Waals surface area contributed by atoms with Crippen molar-refractivity contribution >= 4 is 40.9 Å². The number of ether oxygens (including phenoxy) is 1. The molecule has 7 heteroatoms. The van der Waals surface area contributed by atoms with E-state index >= 15 is 0 Å². The second-order valence-electron chi connectivity index (χ2n) is 5.39. The zero-order valence-electron chi connectivity index (χ0n) is 13.8. The van der Waals surface area contributed by atoms with Crippen molar-refractivity contribution < 1.29 is 18.7 Å². The molecule has 2 rings (SSSR count). The number of carbonyl (C=O) groups is 2. The standard InChI is InChI=1S/C18H17ClFNO3S/c1-11-3-6-16(12(2)7-11)25-10-18(23)24-9-17(22)21-15-8-13(19)4-5-14(15)20/h3-8H,9-10H2,1-2H3,(H,21,22). The number of anilines is 1. The normalized spacial score (nSPS) is 10.4. The Morgan fingerprint density at radius 2 is 1.96 bits per heavy atom. The van der Waals surface area contributed by atoms with Gasteiger partial charge in [0.15, 0.2) is 6.61 Å². The van der Waals surface area contributed by atoms with Gasteiger partial charge in [0.2, 0.25) is 0 Å². The molecule has 0 aliphatic heterocycles. The predicted octanol–water partition coefficient (Wildman–Crippen LogP) is 4.37. The highest BCUT2D eigenvalue weighted by Crippen LogP contribution is 2.23. The van der Waals surface area contributed by atoms with Gasteiger partial charge in [-0.25, -0.2) is 4.39 Å². The van der Waals surface area contributed by atoms with Gasteiger partial charge in [0, 0.05) is 9.92 Å². The first-order chi connectivity index (χ1) is 11.8. The molecule has 0 saturated heterocycles. The molecule has 1 N–H and O–H groups in total. The van der Waals surface area contributed by atoms with E-state index in [1.54, 1.807) is 0 Å². The molecule has 0 aliphatic carbocycles. The summed E-state index contributed by atoms with van der Waals surface area (Å²) in [5, 5.41) is 2.60. The quantitative estimate of drug-likeness (QED) is 0.596. The SMILES string of the molecule is Cc1ccc(SCC(=O)OCC(=O)Nc2cc(Cl)ccc2F)c(C)c1. The lowest BCUT2D eigenvalue weighted by atomic mass is 10.2. The number of carbonyl (C=O) groups excluding carboxylic acids is 2. The van der Waals surface area contributed by atoms with Crippen LogP contribution >= 0.6 is 23.4 Å². The highest BCUT2D eigenvalue weighted by molar-refractivity contribution is 8.00. The van der Waals surface area contributed by atoms with Crippen LogP contribution < -0.4 is 5.32 Å². The number of nitrogens with one attached hydrogen (secondary N) is 1. The summed E-state index contributed by atoms with van der Waals surface area (Å²) >= 11 is 7.08. The molecule has 132 valence electrons. The predicted molar refractivity (Wildman–Crippen MR) is 97.6 cm³/mol. The number of benzene rings is 2. The van der Waals surface area contributed by atoms with Gasteiger partial charge < -0.3 is 10.1 Å². The molecule has 2 aromatic rings. The van der Waals surface area contributed by atoms with Crippen LogP contribution in [0.4, 0.5) is 10.1 Å². The summed E-state index contributed by atoms with van der Waals surface area (Å²) in [6.45, 7) is 3.48. The van der Waals surface area contributed by atoms with Gasteiger partial charge in [0.25, 0.3) is 5.91 Å². The molecule has 1 amide bonds. The monoisotopic (exact) mass is 381 g/mol. The van der Waals surface area contributed by atoms with Gasteiger partial charge in [0.05, 0.1) is 11.4 Å². The van der Waals surface area contributed by atoms with Gasteiger partial charge in [0.1, 0.15) is 5.82 Å². The maximum absolute atomic E-state index is 13.5. The second-order valence-corrected chi connectivity index (χ2v) is 6.84. The number of esters is 1. The largest absolute Gasteiger partial charge is 0.455 e. The van der Waals surface area contributed by atoms with Crippen molar-refractivity contribution in [1.82, 2.24) is 0 Å². The zero-order chi connectivity index (χ0) is 18.4. The van der Waals surface area contributed by atoms with Crippen molar-refractivity contribution in [2.24, 2.45) is 0 Å². The first-order valence-electron chi connectivity index (χ1n) is 7.45. The molecule has 0 aliphatic rings. The summed E-state index contributed by atoms with van der Waals surface area (Å²) in [4.78, 5) is 24.5. The van der Waals surface area contributed by atoms with E-state index in [1.807, 2.05) is 32.0 Å². The van der Waals surface area contributed by atoms with Crippen LogP contribution in [0.15, 0.2) is 41.3 Å². The van der Waals surface area contributed by atoms with Gasteiger partial charge >= 0.3 is 5.97 Å². The fourth-order valence-electron chi connectivity index (χ4n) is 2.07. The number of amides is 1. The van der Waals surface area contributed by atoms with Gasteiger partial charge in [-0.1, -0.05) is 29.3 Å². The summed E-state index contributed by atoms with van der Waals surface area (Å²) < 4.78 is 18.4. The first kappa shape index (κ1) is 19.3. The van der Waals surface area contributed by atoms with Gasteiger partial charge in [-0.2, -0.15) is 0 Å². The molecule has 4 nitrogen and oxygen atoms in total. The fourth-order valence-corrected chi connectivity index (χ4v) is 3.04. The fraction of sp³-hybridized carbons (Fsp3) is 0.222. The van der Waals surface area contributed by atoms with E-state index < -0.39 is 24.3 Å². The number of halogens is 2. The van der Waals surface area contributed by atoms with Crippen LogP contribution in [0, 0.1) is 19.7 Å². The Bertz CT molecular complexity index is 798. The number of rotatable bonds is 6. The van der Waals surface area contributed by atoms with E-state index in [0.717, 1.165) is 22.1 Å². The second kappa shape index (κ2) is 8.87. The van der Waals surface area contributed by atoms with E-state index in [2.05, 4.69) is 5.32 Å². The van der Waals surface area contributed by atoms with Crippen LogP contribution in [0.25, 0.3) is 0 Å². The average molecular weight is 382 g/mol. The summed E-state index contributed by atoms with van der Waals surface area (Å²) in [7, 11) is 0. The molecular formula is C18H17ClFNO3S. The van der Waals surface area contributed by atoms with Crippen molar-refractivity contribution in [3.8, 4) is 0 Å². The molecule has 0 saturated carbocycles. The Hall–Kier alpha value is -2.05. The number of thioether (sulfide) groups is 1. The van der Waals surface area contributed by atoms with E-state index in [-0.39, 0.29) is 11.4 Å². The minimum absolute atomic E-state index is 0.0572. The first-order valence-corrected chi connectivity index (χ1v) is 8.82. The molecule has 0 atom stereocenters. The molecule has 2 aromatic carbocycles. The summed E-state index contributed by atoms with van der Waals surface area (Å²) in [5.41, 5.74) is 2.17. The Labute approximate surface area is 154 Å². The van der Waals surface area contributed by atoms with Crippen LogP contribution in [-0.4, -0.2) is 24.2 Å². The average Bonchev–Trinajstić information content (AvgIpc) is 2.55. The van der Waals surface area contributed by atoms with Crippen molar-refractivity contribution in [1.29, 1.82) is 0 Å². The molecule has 25 heavy (non-hydrogen) atoms.